The van der Waals surface area contributed by atoms with E-state index >= 15 is 0 Å². The van der Waals surface area contributed by atoms with Crippen LogP contribution in [-0.2, 0) is 6.18 Å². The van der Waals surface area contributed by atoms with Crippen LogP contribution in [-0.4, -0.2) is 22.6 Å². The molecule has 1 aromatic carbocycles. The van der Waals surface area contributed by atoms with Gasteiger partial charge in [-0.2, -0.15) is 23.4 Å². The minimum Gasteiger partial charge on any atom is -0.409 e. The number of ether oxygens (including phenoxy) is 1. The summed E-state index contributed by atoms with van der Waals surface area (Å²) in [6.07, 6.45) is -4.19. The van der Waals surface area contributed by atoms with Crippen LogP contribution in [0.25, 0.3) is 0 Å². The predicted molar refractivity (Wildman–Crippen MR) is 89.5 cm³/mol. The average molecular weight is 379 g/mol. The third kappa shape index (κ3) is 5.85. The summed E-state index contributed by atoms with van der Waals surface area (Å²) in [6.45, 7) is 4.10. The highest BCUT2D eigenvalue weighted by molar-refractivity contribution is 5.72. The molecular weight excluding hydrogens is 363 g/mol. The fourth-order valence-corrected chi connectivity index (χ4v) is 2.09. The molecule has 7 nitrogen and oxygen atoms in total. The van der Waals surface area contributed by atoms with Gasteiger partial charge in [0.05, 0.1) is 5.56 Å². The zero-order valence-corrected chi connectivity index (χ0v) is 14.5. The number of nitriles is 1. The van der Waals surface area contributed by atoms with Crippen LogP contribution >= 0.6 is 0 Å². The lowest BCUT2D eigenvalue weighted by molar-refractivity contribution is -0.137. The van der Waals surface area contributed by atoms with Gasteiger partial charge in [-0.25, -0.2) is 15.2 Å². The molecule has 1 amide bonds. The van der Waals surface area contributed by atoms with E-state index in [0.29, 0.717) is 6.54 Å². The van der Waals surface area contributed by atoms with Crippen LogP contribution in [0.4, 0.5) is 23.8 Å². The van der Waals surface area contributed by atoms with Gasteiger partial charge < -0.3 is 4.74 Å². The molecule has 0 aliphatic carbocycles. The maximum absolute atomic E-state index is 12.7. The van der Waals surface area contributed by atoms with Gasteiger partial charge >= 0.3 is 12.3 Å². The molecule has 2 rings (SSSR count). The van der Waals surface area contributed by atoms with Gasteiger partial charge in [0.2, 0.25) is 5.82 Å². The molecule has 1 N–H and O–H groups in total. The highest BCUT2D eigenvalue weighted by Crippen LogP contribution is 2.31. The maximum atomic E-state index is 12.7. The fourth-order valence-electron chi connectivity index (χ4n) is 2.09. The summed E-state index contributed by atoms with van der Waals surface area (Å²) >= 11 is 0. The van der Waals surface area contributed by atoms with Crippen molar-refractivity contribution in [3.63, 3.8) is 0 Å². The summed E-state index contributed by atoms with van der Waals surface area (Å²) in [6, 6.07) is 7.25. The third-order valence-corrected chi connectivity index (χ3v) is 3.16. The molecule has 0 aliphatic heterocycles. The standard InChI is InChI=1S/C17H16F3N5O2/c1-11(2)10-25(15-6-7-22-14(9-21)23-15)24-16(26)27-13-5-3-4-12(8-13)17(18,19)20/h3-8,11H,10H2,1-2H3,(H,24,26). The number of carbonyl (C=O) groups excluding carboxylic acids is 1. The molecule has 142 valence electrons. The Labute approximate surface area is 153 Å². The third-order valence-electron chi connectivity index (χ3n) is 3.16. The largest absolute Gasteiger partial charge is 0.431 e. The van der Waals surface area contributed by atoms with Crippen LogP contribution < -0.4 is 15.2 Å². The lowest BCUT2D eigenvalue weighted by Gasteiger charge is -2.25. The first-order chi connectivity index (χ1) is 12.7. The van der Waals surface area contributed by atoms with E-state index in [1.807, 2.05) is 13.8 Å². The Morgan fingerprint density at radius 1 is 1.37 bits per heavy atom. The number of alkyl halides is 3. The SMILES string of the molecule is CC(C)CN(NC(=O)Oc1cccc(C(F)(F)F)c1)c1ccnc(C#N)n1. The van der Waals surface area contributed by atoms with E-state index < -0.39 is 17.8 Å². The zero-order chi connectivity index (χ0) is 20.0. The van der Waals surface area contributed by atoms with Crippen molar-refractivity contribution in [2.24, 2.45) is 5.92 Å². The minimum atomic E-state index is -4.55. The summed E-state index contributed by atoms with van der Waals surface area (Å²) in [5.74, 6) is -0.00266. The highest BCUT2D eigenvalue weighted by atomic mass is 19.4. The van der Waals surface area contributed by atoms with Gasteiger partial charge in [-0.1, -0.05) is 19.9 Å². The summed E-state index contributed by atoms with van der Waals surface area (Å²) < 4.78 is 43.2. The Hall–Kier alpha value is -3.35. The van der Waals surface area contributed by atoms with Gasteiger partial charge in [-0.05, 0) is 24.1 Å². The number of aromatic nitrogens is 2. The van der Waals surface area contributed by atoms with E-state index in [0.717, 1.165) is 18.2 Å². The van der Waals surface area contributed by atoms with Gasteiger partial charge in [-0.15, -0.1) is 0 Å². The number of rotatable bonds is 5. The number of hydrogen-bond acceptors (Lipinski definition) is 6. The Balaban J connectivity index is 2.15. The molecule has 2 aromatic rings. The molecule has 0 atom stereocenters. The van der Waals surface area contributed by atoms with Crippen LogP contribution in [0.1, 0.15) is 25.2 Å². The van der Waals surface area contributed by atoms with Gasteiger partial charge in [0, 0.05) is 18.8 Å². The van der Waals surface area contributed by atoms with Crippen molar-refractivity contribution in [2.45, 2.75) is 20.0 Å². The normalized spacial score (nSPS) is 11.0. The molecule has 0 saturated heterocycles. The average Bonchev–Trinajstić information content (AvgIpc) is 2.60. The first-order valence-electron chi connectivity index (χ1n) is 7.85. The summed E-state index contributed by atoms with van der Waals surface area (Å²) in [5, 5.41) is 10.2. The number of hydrogen-bond donors (Lipinski definition) is 1. The predicted octanol–water partition coefficient (Wildman–Crippen LogP) is 3.53. The number of amides is 1. The number of nitrogens with one attached hydrogen (secondary N) is 1. The van der Waals surface area contributed by atoms with Crippen molar-refractivity contribution in [3.05, 3.63) is 47.9 Å². The molecule has 0 fully saturated rings. The monoisotopic (exact) mass is 379 g/mol. The van der Waals surface area contributed by atoms with Crippen molar-refractivity contribution >= 4 is 11.9 Å². The summed E-state index contributed by atoms with van der Waals surface area (Å²) in [5.41, 5.74) is 1.48. The molecular formula is C17H16F3N5O2. The quantitative estimate of drug-likeness (QED) is 0.799. The molecule has 0 aliphatic rings. The number of benzene rings is 1. The number of carbonyl (C=O) groups is 1. The van der Waals surface area contributed by atoms with Crippen LogP contribution in [0, 0.1) is 17.2 Å². The molecule has 0 unspecified atom stereocenters. The molecule has 0 spiro atoms. The highest BCUT2D eigenvalue weighted by Gasteiger charge is 2.30. The number of hydrazine groups is 1. The Bertz CT molecular complexity index is 849. The Morgan fingerprint density at radius 3 is 2.74 bits per heavy atom. The van der Waals surface area contributed by atoms with E-state index in [9.17, 15) is 18.0 Å². The minimum absolute atomic E-state index is 0.0886. The Morgan fingerprint density at radius 2 is 2.11 bits per heavy atom. The van der Waals surface area contributed by atoms with E-state index in [4.69, 9.17) is 10.00 Å². The van der Waals surface area contributed by atoms with Crippen LogP contribution in [0.3, 0.4) is 0 Å². The first-order valence-corrected chi connectivity index (χ1v) is 7.85. The molecule has 1 heterocycles. The van der Waals surface area contributed by atoms with Gasteiger partial charge in [-0.3, -0.25) is 5.01 Å². The second-order valence-electron chi connectivity index (χ2n) is 5.88. The fraction of sp³-hybridized carbons (Fsp3) is 0.294. The molecule has 0 bridgehead atoms. The first kappa shape index (κ1) is 20.0. The molecule has 0 radical (unpaired) electrons. The second kappa shape index (κ2) is 8.35. The maximum Gasteiger partial charge on any atom is 0.431 e. The van der Waals surface area contributed by atoms with Crippen molar-refractivity contribution in [3.8, 4) is 11.8 Å². The number of nitrogens with zero attached hydrogens (tertiary/aromatic N) is 4. The van der Waals surface area contributed by atoms with Crippen LogP contribution in [0.15, 0.2) is 36.5 Å². The molecule has 0 saturated carbocycles. The lowest BCUT2D eigenvalue weighted by atomic mass is 10.2. The van der Waals surface area contributed by atoms with Crippen molar-refractivity contribution in [1.82, 2.24) is 15.4 Å². The zero-order valence-electron chi connectivity index (χ0n) is 14.5. The van der Waals surface area contributed by atoms with Crippen molar-refractivity contribution in [1.29, 1.82) is 5.26 Å². The molecule has 1 aromatic heterocycles. The summed E-state index contributed by atoms with van der Waals surface area (Å²) in [4.78, 5) is 19.9. The van der Waals surface area contributed by atoms with Gasteiger partial charge in [0.15, 0.2) is 5.82 Å². The van der Waals surface area contributed by atoms with Gasteiger partial charge in [0.25, 0.3) is 0 Å². The van der Waals surface area contributed by atoms with Gasteiger partial charge in [0.1, 0.15) is 11.8 Å². The van der Waals surface area contributed by atoms with Crippen LogP contribution in [0.5, 0.6) is 5.75 Å². The van der Waals surface area contributed by atoms with Crippen LogP contribution in [0.2, 0.25) is 0 Å². The lowest BCUT2D eigenvalue weighted by Crippen LogP contribution is -2.46. The smallest absolute Gasteiger partial charge is 0.409 e. The van der Waals surface area contributed by atoms with Crippen molar-refractivity contribution in [2.75, 3.05) is 11.6 Å². The van der Waals surface area contributed by atoms with E-state index in [2.05, 4.69) is 15.4 Å². The van der Waals surface area contributed by atoms with E-state index in [-0.39, 0.29) is 23.3 Å². The van der Waals surface area contributed by atoms with Crippen molar-refractivity contribution < 1.29 is 22.7 Å². The number of anilines is 1. The second-order valence-corrected chi connectivity index (χ2v) is 5.88. The Kier molecular flexibility index (Phi) is 6.18. The topological polar surface area (TPSA) is 91.1 Å². The number of halogens is 3. The van der Waals surface area contributed by atoms with E-state index in [1.165, 1.54) is 23.3 Å². The molecule has 10 heteroatoms. The molecule has 27 heavy (non-hydrogen) atoms. The summed E-state index contributed by atoms with van der Waals surface area (Å²) in [7, 11) is 0. The van der Waals surface area contributed by atoms with E-state index in [1.54, 1.807) is 6.07 Å².